The van der Waals surface area contributed by atoms with Gasteiger partial charge in [0.1, 0.15) is 18.9 Å². The van der Waals surface area contributed by atoms with E-state index in [9.17, 15) is 0 Å². The fourth-order valence-electron chi connectivity index (χ4n) is 2.97. The maximum absolute atomic E-state index is 6.25. The molecule has 2 heterocycles. The van der Waals surface area contributed by atoms with Crippen molar-refractivity contribution in [3.8, 4) is 5.82 Å². The van der Waals surface area contributed by atoms with Crippen LogP contribution in [0, 0.1) is 6.92 Å². The Bertz CT molecular complexity index is 987. The average Bonchev–Trinajstić information content (AvgIpc) is 3.15. The molecular formula is C19H17BrClN3. The van der Waals surface area contributed by atoms with Gasteiger partial charge in [0.2, 0.25) is 12.1 Å². The van der Waals surface area contributed by atoms with Crippen molar-refractivity contribution in [3.05, 3.63) is 83.4 Å². The van der Waals surface area contributed by atoms with Gasteiger partial charge in [0, 0.05) is 27.1 Å². The molecule has 3 nitrogen and oxygen atoms in total. The minimum atomic E-state index is 0. The van der Waals surface area contributed by atoms with E-state index in [2.05, 4.69) is 70.1 Å². The zero-order chi connectivity index (χ0) is 15.8. The number of aromatic amines is 1. The molecule has 0 atom stereocenters. The molecule has 0 unspecified atom stereocenters. The van der Waals surface area contributed by atoms with Crippen LogP contribution in [0.2, 0.25) is 5.02 Å². The van der Waals surface area contributed by atoms with Crippen molar-refractivity contribution in [2.24, 2.45) is 0 Å². The second-order valence-electron chi connectivity index (χ2n) is 5.73. The molecule has 0 saturated heterocycles. The highest BCUT2D eigenvalue weighted by Crippen LogP contribution is 2.23. The highest BCUT2D eigenvalue weighted by Gasteiger charge is 2.15. The van der Waals surface area contributed by atoms with E-state index in [0.717, 1.165) is 28.5 Å². The Labute approximate surface area is 156 Å². The lowest BCUT2D eigenvalue weighted by Crippen LogP contribution is -3.00. The molecule has 0 aliphatic rings. The van der Waals surface area contributed by atoms with Crippen molar-refractivity contribution in [2.45, 2.75) is 13.5 Å². The summed E-state index contributed by atoms with van der Waals surface area (Å²) in [4.78, 5) is 3.49. The average molecular weight is 403 g/mol. The summed E-state index contributed by atoms with van der Waals surface area (Å²) < 4.78 is 4.25. The molecule has 0 amide bonds. The standard InChI is InChI=1S/C19H17ClN3.BrH/c1-14-16-7-3-5-9-18(16)21-19(14)23-11-10-22(13-23)12-15-6-2-4-8-17(15)20;/h2-11,13,21H,12H2,1H3;1H/q+1;/p-1. The van der Waals surface area contributed by atoms with Crippen LogP contribution in [-0.2, 0) is 6.54 Å². The van der Waals surface area contributed by atoms with E-state index in [1.807, 2.05) is 18.2 Å². The number of fused-ring (bicyclic) bond motifs is 1. The monoisotopic (exact) mass is 401 g/mol. The molecule has 122 valence electrons. The van der Waals surface area contributed by atoms with Gasteiger partial charge in [-0.3, -0.25) is 0 Å². The smallest absolute Gasteiger partial charge is 0.250 e. The first-order chi connectivity index (χ1) is 11.2. The molecule has 0 aliphatic heterocycles. The van der Waals surface area contributed by atoms with Crippen molar-refractivity contribution in [1.29, 1.82) is 0 Å². The maximum Gasteiger partial charge on any atom is 0.250 e. The third-order valence-corrected chi connectivity index (χ3v) is 4.57. The maximum atomic E-state index is 6.25. The molecule has 0 fully saturated rings. The topological polar surface area (TPSA) is 24.6 Å². The van der Waals surface area contributed by atoms with E-state index < -0.39 is 0 Å². The molecule has 2 aromatic heterocycles. The van der Waals surface area contributed by atoms with E-state index in [0.29, 0.717) is 0 Å². The summed E-state index contributed by atoms with van der Waals surface area (Å²) in [5, 5.41) is 2.06. The summed E-state index contributed by atoms with van der Waals surface area (Å²) in [6, 6.07) is 16.3. The van der Waals surface area contributed by atoms with E-state index in [1.54, 1.807) is 0 Å². The molecule has 4 rings (SSSR count). The summed E-state index contributed by atoms with van der Waals surface area (Å²) >= 11 is 6.25. The molecule has 0 radical (unpaired) electrons. The third-order valence-electron chi connectivity index (χ3n) is 4.20. The first kappa shape index (κ1) is 16.8. The van der Waals surface area contributed by atoms with E-state index in [-0.39, 0.29) is 17.0 Å². The molecular weight excluding hydrogens is 386 g/mol. The van der Waals surface area contributed by atoms with Crippen LogP contribution >= 0.6 is 11.6 Å². The van der Waals surface area contributed by atoms with Crippen LogP contribution in [-0.4, -0.2) is 9.55 Å². The quantitative estimate of drug-likeness (QED) is 0.499. The van der Waals surface area contributed by atoms with Crippen molar-refractivity contribution in [2.75, 3.05) is 0 Å². The number of aryl methyl sites for hydroxylation is 1. The molecule has 4 aromatic rings. The van der Waals surface area contributed by atoms with Gasteiger partial charge in [0.25, 0.3) is 0 Å². The lowest BCUT2D eigenvalue weighted by atomic mass is 10.2. The Kier molecular flexibility index (Phi) is 4.78. The Balaban J connectivity index is 0.00000169. The predicted molar refractivity (Wildman–Crippen MR) is 93.1 cm³/mol. The van der Waals surface area contributed by atoms with Crippen molar-refractivity contribution in [1.82, 2.24) is 9.55 Å². The normalized spacial score (nSPS) is 10.8. The van der Waals surface area contributed by atoms with Gasteiger partial charge in [-0.05, 0) is 19.1 Å². The highest BCUT2D eigenvalue weighted by atomic mass is 79.9. The Hall–Kier alpha value is -2.04. The van der Waals surface area contributed by atoms with E-state index in [4.69, 9.17) is 11.6 Å². The number of nitrogens with zero attached hydrogens (tertiary/aromatic N) is 2. The molecule has 0 aliphatic carbocycles. The second-order valence-corrected chi connectivity index (χ2v) is 6.14. The fourth-order valence-corrected chi connectivity index (χ4v) is 3.17. The van der Waals surface area contributed by atoms with Crippen LogP contribution in [0.25, 0.3) is 16.7 Å². The van der Waals surface area contributed by atoms with Gasteiger partial charge in [-0.2, -0.15) is 4.57 Å². The van der Waals surface area contributed by atoms with E-state index in [1.165, 1.54) is 10.9 Å². The van der Waals surface area contributed by atoms with Crippen LogP contribution in [0.3, 0.4) is 0 Å². The zero-order valence-corrected chi connectivity index (χ0v) is 15.6. The molecule has 0 saturated carbocycles. The SMILES string of the molecule is Cc1c(-n2cc[n+](Cc3ccccc3Cl)c2)[nH]c2ccccc12.[Br-]. The number of H-pyrrole nitrogens is 1. The molecule has 5 heteroatoms. The molecule has 24 heavy (non-hydrogen) atoms. The van der Waals surface area contributed by atoms with Crippen molar-refractivity contribution in [3.63, 3.8) is 0 Å². The van der Waals surface area contributed by atoms with Gasteiger partial charge >= 0.3 is 0 Å². The van der Waals surface area contributed by atoms with Crippen LogP contribution in [0.4, 0.5) is 0 Å². The van der Waals surface area contributed by atoms with Crippen molar-refractivity contribution < 1.29 is 21.5 Å². The first-order valence-electron chi connectivity index (χ1n) is 7.60. The zero-order valence-electron chi connectivity index (χ0n) is 13.2. The van der Waals surface area contributed by atoms with E-state index >= 15 is 0 Å². The fraction of sp³-hybridized carbons (Fsp3) is 0.105. The van der Waals surface area contributed by atoms with Crippen LogP contribution < -0.4 is 21.5 Å². The first-order valence-corrected chi connectivity index (χ1v) is 7.98. The Morgan fingerprint density at radius 1 is 1.08 bits per heavy atom. The number of hydrogen-bond donors (Lipinski definition) is 1. The molecule has 2 aromatic carbocycles. The number of halogens is 2. The number of benzene rings is 2. The number of nitrogens with one attached hydrogen (secondary N) is 1. The largest absolute Gasteiger partial charge is 1.00 e. The van der Waals surface area contributed by atoms with Gasteiger partial charge in [0.15, 0.2) is 0 Å². The lowest BCUT2D eigenvalue weighted by molar-refractivity contribution is -0.687. The minimum Gasteiger partial charge on any atom is -1.00 e. The number of imidazole rings is 1. The van der Waals surface area contributed by atoms with Gasteiger partial charge < -0.3 is 22.0 Å². The number of hydrogen-bond acceptors (Lipinski definition) is 0. The van der Waals surface area contributed by atoms with Crippen LogP contribution in [0.5, 0.6) is 0 Å². The lowest BCUT2D eigenvalue weighted by Gasteiger charge is -2.00. The summed E-state index contributed by atoms with van der Waals surface area (Å²) in [5.74, 6) is 1.10. The van der Waals surface area contributed by atoms with Gasteiger partial charge in [-0.25, -0.2) is 4.57 Å². The Morgan fingerprint density at radius 3 is 2.62 bits per heavy atom. The predicted octanol–water partition coefficient (Wildman–Crippen LogP) is 1.26. The number of rotatable bonds is 3. The second kappa shape index (κ2) is 6.83. The third kappa shape index (κ3) is 2.99. The number of aromatic nitrogens is 3. The summed E-state index contributed by atoms with van der Waals surface area (Å²) in [6.07, 6.45) is 6.21. The van der Waals surface area contributed by atoms with Crippen molar-refractivity contribution >= 4 is 22.5 Å². The highest BCUT2D eigenvalue weighted by molar-refractivity contribution is 6.31. The molecule has 0 bridgehead atoms. The van der Waals surface area contributed by atoms with Gasteiger partial charge in [-0.1, -0.05) is 48.0 Å². The summed E-state index contributed by atoms with van der Waals surface area (Å²) in [6.45, 7) is 2.90. The molecule has 0 spiro atoms. The molecule has 1 N–H and O–H groups in total. The van der Waals surface area contributed by atoms with Gasteiger partial charge in [0.05, 0.1) is 0 Å². The van der Waals surface area contributed by atoms with Gasteiger partial charge in [-0.15, -0.1) is 0 Å². The number of para-hydroxylation sites is 1. The Morgan fingerprint density at radius 2 is 1.83 bits per heavy atom. The van der Waals surface area contributed by atoms with Crippen LogP contribution in [0.1, 0.15) is 11.1 Å². The summed E-state index contributed by atoms with van der Waals surface area (Å²) in [5.41, 5.74) is 3.53. The minimum absolute atomic E-state index is 0. The summed E-state index contributed by atoms with van der Waals surface area (Å²) in [7, 11) is 0. The van der Waals surface area contributed by atoms with Crippen LogP contribution in [0.15, 0.2) is 67.3 Å².